The molecule has 0 saturated carbocycles. The molecule has 0 fully saturated rings. The van der Waals surface area contributed by atoms with Gasteiger partial charge < -0.3 is 10.4 Å². The maximum Gasteiger partial charge on any atom is 0.0685 e. The van der Waals surface area contributed by atoms with Crippen molar-refractivity contribution < 1.29 is 5.11 Å². The summed E-state index contributed by atoms with van der Waals surface area (Å²) in [6, 6.07) is 6.54. The molecule has 2 nitrogen and oxygen atoms in total. The second-order valence-electron chi connectivity index (χ2n) is 3.35. The van der Waals surface area contributed by atoms with E-state index in [1.807, 2.05) is 12.1 Å². The molecule has 2 heteroatoms. The van der Waals surface area contributed by atoms with E-state index in [1.54, 1.807) is 0 Å². The van der Waals surface area contributed by atoms with Gasteiger partial charge in [-0.3, -0.25) is 0 Å². The molecule has 0 aromatic heterocycles. The number of fused-ring (bicyclic) bond motifs is 1. The van der Waals surface area contributed by atoms with Crippen LogP contribution in [0.3, 0.4) is 0 Å². The minimum atomic E-state index is 0.150. The van der Waals surface area contributed by atoms with Gasteiger partial charge in [0, 0.05) is 11.7 Å². The molecule has 1 heterocycles. The highest BCUT2D eigenvalue weighted by molar-refractivity contribution is 5.59. The van der Waals surface area contributed by atoms with E-state index in [9.17, 15) is 0 Å². The zero-order valence-corrected chi connectivity index (χ0v) is 7.17. The second-order valence-corrected chi connectivity index (χ2v) is 3.35. The van der Waals surface area contributed by atoms with Crippen molar-refractivity contribution in [2.75, 3.05) is 5.32 Å². The third-order valence-corrected chi connectivity index (χ3v) is 2.36. The molecule has 64 valence electrons. The van der Waals surface area contributed by atoms with E-state index in [1.165, 1.54) is 11.3 Å². The molecule has 2 N–H and O–H groups in total. The van der Waals surface area contributed by atoms with Gasteiger partial charge in [0.2, 0.25) is 0 Å². The molecule has 1 aliphatic heterocycles. The third kappa shape index (κ3) is 1.08. The SMILES string of the molecule is C[C@@H]1Cc2c(CO)cccc2N1. The molecule has 1 aromatic carbocycles. The van der Waals surface area contributed by atoms with Crippen molar-refractivity contribution in [3.05, 3.63) is 29.3 Å². The van der Waals surface area contributed by atoms with Gasteiger partial charge in [-0.1, -0.05) is 12.1 Å². The number of nitrogens with one attached hydrogen (secondary N) is 1. The first-order valence-electron chi connectivity index (χ1n) is 4.29. The fourth-order valence-corrected chi connectivity index (χ4v) is 1.78. The normalized spacial score (nSPS) is 20.3. The molecule has 1 aromatic rings. The number of hydrogen-bond acceptors (Lipinski definition) is 2. The Labute approximate surface area is 72.2 Å². The molecule has 0 aliphatic carbocycles. The molecular formula is C10H13NO. The Morgan fingerprint density at radius 1 is 1.58 bits per heavy atom. The largest absolute Gasteiger partial charge is 0.392 e. The van der Waals surface area contributed by atoms with Crippen molar-refractivity contribution in [1.29, 1.82) is 0 Å². The van der Waals surface area contributed by atoms with Crippen LogP contribution in [0, 0.1) is 0 Å². The lowest BCUT2D eigenvalue weighted by Crippen LogP contribution is -2.08. The lowest BCUT2D eigenvalue weighted by atomic mass is 10.0. The Kier molecular flexibility index (Phi) is 1.77. The van der Waals surface area contributed by atoms with E-state index in [4.69, 9.17) is 5.11 Å². The number of benzene rings is 1. The van der Waals surface area contributed by atoms with E-state index in [0.29, 0.717) is 6.04 Å². The molecule has 0 saturated heterocycles. The molecule has 1 atom stereocenters. The fraction of sp³-hybridized carbons (Fsp3) is 0.400. The Hall–Kier alpha value is -1.02. The van der Waals surface area contributed by atoms with Crippen molar-refractivity contribution in [2.24, 2.45) is 0 Å². The lowest BCUT2D eigenvalue weighted by Gasteiger charge is -2.03. The van der Waals surface area contributed by atoms with Gasteiger partial charge in [0.25, 0.3) is 0 Å². The zero-order chi connectivity index (χ0) is 8.55. The monoisotopic (exact) mass is 163 g/mol. The highest BCUT2D eigenvalue weighted by atomic mass is 16.3. The van der Waals surface area contributed by atoms with Crippen LogP contribution >= 0.6 is 0 Å². The summed E-state index contributed by atoms with van der Waals surface area (Å²) in [6.07, 6.45) is 1.03. The van der Waals surface area contributed by atoms with Crippen molar-refractivity contribution in [3.63, 3.8) is 0 Å². The Balaban J connectivity index is 2.44. The van der Waals surface area contributed by atoms with Crippen LogP contribution in [0.1, 0.15) is 18.1 Å². The summed E-state index contributed by atoms with van der Waals surface area (Å²) in [5.74, 6) is 0. The summed E-state index contributed by atoms with van der Waals surface area (Å²) in [7, 11) is 0. The second kappa shape index (κ2) is 2.79. The number of rotatable bonds is 1. The fourth-order valence-electron chi connectivity index (χ4n) is 1.78. The van der Waals surface area contributed by atoms with E-state index in [-0.39, 0.29) is 6.61 Å². The van der Waals surface area contributed by atoms with Gasteiger partial charge in [-0.05, 0) is 30.5 Å². The average Bonchev–Trinajstić information content (AvgIpc) is 2.44. The third-order valence-electron chi connectivity index (χ3n) is 2.36. The standard InChI is InChI=1S/C10H13NO/c1-7-5-9-8(6-12)3-2-4-10(9)11-7/h2-4,7,11-12H,5-6H2,1H3/t7-/m1/s1. The summed E-state index contributed by atoms with van der Waals surface area (Å²) in [5, 5.41) is 12.4. The maximum atomic E-state index is 9.06. The van der Waals surface area contributed by atoms with Gasteiger partial charge in [-0.15, -0.1) is 0 Å². The van der Waals surface area contributed by atoms with Crippen LogP contribution in [-0.2, 0) is 13.0 Å². The first kappa shape index (κ1) is 7.62. The van der Waals surface area contributed by atoms with Crippen LogP contribution in [0.15, 0.2) is 18.2 Å². The van der Waals surface area contributed by atoms with Crippen molar-refractivity contribution in [1.82, 2.24) is 0 Å². The highest BCUT2D eigenvalue weighted by Gasteiger charge is 2.18. The quantitative estimate of drug-likeness (QED) is 0.658. The molecule has 12 heavy (non-hydrogen) atoms. The van der Waals surface area contributed by atoms with E-state index in [2.05, 4.69) is 18.3 Å². The molecule has 0 spiro atoms. The summed E-state index contributed by atoms with van der Waals surface area (Å²) >= 11 is 0. The van der Waals surface area contributed by atoms with Gasteiger partial charge in [0.1, 0.15) is 0 Å². The van der Waals surface area contributed by atoms with Gasteiger partial charge in [-0.25, -0.2) is 0 Å². The van der Waals surface area contributed by atoms with Crippen LogP contribution in [0.5, 0.6) is 0 Å². The molecule has 0 bridgehead atoms. The summed E-state index contributed by atoms with van der Waals surface area (Å²) in [6.45, 7) is 2.30. The Morgan fingerprint density at radius 3 is 3.17 bits per heavy atom. The smallest absolute Gasteiger partial charge is 0.0685 e. The Morgan fingerprint density at radius 2 is 2.42 bits per heavy atom. The first-order chi connectivity index (χ1) is 5.81. The summed E-state index contributed by atoms with van der Waals surface area (Å²) < 4.78 is 0. The van der Waals surface area contributed by atoms with Crippen LogP contribution in [0.4, 0.5) is 5.69 Å². The minimum absolute atomic E-state index is 0.150. The van der Waals surface area contributed by atoms with Crippen molar-refractivity contribution in [3.8, 4) is 0 Å². The summed E-state index contributed by atoms with van der Waals surface area (Å²) in [4.78, 5) is 0. The molecule has 0 unspecified atom stereocenters. The van der Waals surface area contributed by atoms with Crippen molar-refractivity contribution in [2.45, 2.75) is 26.0 Å². The molecule has 1 aliphatic rings. The minimum Gasteiger partial charge on any atom is -0.392 e. The van der Waals surface area contributed by atoms with Crippen LogP contribution in [-0.4, -0.2) is 11.1 Å². The first-order valence-corrected chi connectivity index (χ1v) is 4.29. The van der Waals surface area contributed by atoms with Crippen LogP contribution in [0.2, 0.25) is 0 Å². The summed E-state index contributed by atoms with van der Waals surface area (Å²) in [5.41, 5.74) is 3.53. The van der Waals surface area contributed by atoms with Gasteiger partial charge >= 0.3 is 0 Å². The maximum absolute atomic E-state index is 9.06. The molecule has 2 rings (SSSR count). The van der Waals surface area contributed by atoms with E-state index < -0.39 is 0 Å². The average molecular weight is 163 g/mol. The predicted octanol–water partition coefficient (Wildman–Crippen LogP) is 1.54. The number of hydrogen-bond donors (Lipinski definition) is 2. The lowest BCUT2D eigenvalue weighted by molar-refractivity contribution is 0.281. The number of anilines is 1. The number of aliphatic hydroxyl groups is 1. The van der Waals surface area contributed by atoms with Gasteiger partial charge in [0.05, 0.1) is 6.61 Å². The van der Waals surface area contributed by atoms with E-state index in [0.717, 1.165) is 12.0 Å². The van der Waals surface area contributed by atoms with Crippen LogP contribution < -0.4 is 5.32 Å². The van der Waals surface area contributed by atoms with E-state index >= 15 is 0 Å². The zero-order valence-electron chi connectivity index (χ0n) is 7.17. The molecular weight excluding hydrogens is 150 g/mol. The van der Waals surface area contributed by atoms with Gasteiger partial charge in [-0.2, -0.15) is 0 Å². The molecule has 0 amide bonds. The Bertz CT molecular complexity index is 296. The number of aliphatic hydroxyl groups excluding tert-OH is 1. The topological polar surface area (TPSA) is 32.3 Å². The van der Waals surface area contributed by atoms with Crippen LogP contribution in [0.25, 0.3) is 0 Å². The van der Waals surface area contributed by atoms with Crippen molar-refractivity contribution >= 4 is 5.69 Å². The predicted molar refractivity (Wildman–Crippen MR) is 49.2 cm³/mol. The van der Waals surface area contributed by atoms with Gasteiger partial charge in [0.15, 0.2) is 0 Å². The highest BCUT2D eigenvalue weighted by Crippen LogP contribution is 2.28. The molecule has 0 radical (unpaired) electrons.